The molecule has 1 unspecified atom stereocenters. The maximum atomic E-state index is 12.6. The Morgan fingerprint density at radius 1 is 0.923 bits per heavy atom. The van der Waals surface area contributed by atoms with Crippen molar-refractivity contribution >= 4 is 17.7 Å². The summed E-state index contributed by atoms with van der Waals surface area (Å²) in [5.74, 6) is -2.17. The van der Waals surface area contributed by atoms with E-state index in [9.17, 15) is 14.4 Å². The number of ketones is 1. The molecule has 6 heteroatoms. The zero-order valence-corrected chi connectivity index (χ0v) is 17.0. The number of esters is 2. The molecule has 26 heavy (non-hydrogen) atoms. The lowest BCUT2D eigenvalue weighted by molar-refractivity contribution is -0.191. The van der Waals surface area contributed by atoms with E-state index in [-0.39, 0.29) is 13.0 Å². The predicted octanol–water partition coefficient (Wildman–Crippen LogP) is 3.27. The van der Waals surface area contributed by atoms with E-state index in [4.69, 9.17) is 14.6 Å². The minimum absolute atomic E-state index is 0.0152. The minimum Gasteiger partial charge on any atom is -0.457 e. The first-order valence-corrected chi connectivity index (χ1v) is 8.70. The maximum absolute atomic E-state index is 12.6. The fraction of sp³-hybridized carbons (Fsp3) is 0.650. The van der Waals surface area contributed by atoms with E-state index in [2.05, 4.69) is 0 Å². The molecule has 0 radical (unpaired) electrons. The Morgan fingerprint density at radius 2 is 1.50 bits per heavy atom. The van der Waals surface area contributed by atoms with Crippen LogP contribution in [0.1, 0.15) is 67.7 Å². The number of Topliss-reactive ketones (excluding diaryl/α,β-unsaturated/α-hetero) is 1. The molecule has 0 saturated heterocycles. The average Bonchev–Trinajstić information content (AvgIpc) is 2.48. The van der Waals surface area contributed by atoms with Crippen LogP contribution >= 0.6 is 0 Å². The number of carbonyl (C=O) groups is 3. The van der Waals surface area contributed by atoms with Crippen LogP contribution in [0.4, 0.5) is 0 Å². The van der Waals surface area contributed by atoms with Crippen LogP contribution in [0.15, 0.2) is 23.3 Å². The van der Waals surface area contributed by atoms with E-state index < -0.39 is 28.9 Å². The molecule has 0 aliphatic rings. The van der Waals surface area contributed by atoms with Gasteiger partial charge < -0.3 is 14.6 Å². The summed E-state index contributed by atoms with van der Waals surface area (Å²) >= 11 is 0. The van der Waals surface area contributed by atoms with Crippen LogP contribution in [0.3, 0.4) is 0 Å². The van der Waals surface area contributed by atoms with Crippen LogP contribution in [-0.2, 0) is 23.9 Å². The summed E-state index contributed by atoms with van der Waals surface area (Å²) in [7, 11) is 0. The van der Waals surface area contributed by atoms with Gasteiger partial charge in [0.05, 0.1) is 6.61 Å². The van der Waals surface area contributed by atoms with Crippen molar-refractivity contribution in [3.63, 3.8) is 0 Å². The summed E-state index contributed by atoms with van der Waals surface area (Å²) in [6.07, 6.45) is 4.98. The van der Waals surface area contributed by atoms with Crippen molar-refractivity contribution in [1.29, 1.82) is 0 Å². The van der Waals surface area contributed by atoms with Crippen molar-refractivity contribution in [2.75, 3.05) is 6.61 Å². The summed E-state index contributed by atoms with van der Waals surface area (Å²) < 4.78 is 10.5. The smallest absolute Gasteiger partial charge is 0.359 e. The summed E-state index contributed by atoms with van der Waals surface area (Å²) in [4.78, 5) is 36.4. The molecule has 0 bridgehead atoms. The molecule has 6 nitrogen and oxygen atoms in total. The number of rotatable bonds is 9. The molecule has 1 atom stereocenters. The normalized spacial score (nSPS) is 15.2. The van der Waals surface area contributed by atoms with Gasteiger partial charge in [0.25, 0.3) is 5.60 Å². The van der Waals surface area contributed by atoms with Gasteiger partial charge in [-0.1, -0.05) is 23.3 Å². The Balaban J connectivity index is 5.46. The molecule has 0 rings (SSSR count). The van der Waals surface area contributed by atoms with Crippen LogP contribution < -0.4 is 0 Å². The molecule has 0 amide bonds. The van der Waals surface area contributed by atoms with E-state index in [0.29, 0.717) is 6.42 Å². The Hall–Kier alpha value is -1.95. The van der Waals surface area contributed by atoms with E-state index in [1.54, 1.807) is 26.8 Å². The second kappa shape index (κ2) is 10.3. The van der Waals surface area contributed by atoms with E-state index in [1.807, 2.05) is 19.9 Å². The van der Waals surface area contributed by atoms with Gasteiger partial charge in [-0.05, 0) is 54.4 Å². The lowest BCUT2D eigenvalue weighted by atomic mass is 9.92. The molecule has 0 aromatic rings. The highest BCUT2D eigenvalue weighted by atomic mass is 16.6. The van der Waals surface area contributed by atoms with Gasteiger partial charge in [-0.3, -0.25) is 9.59 Å². The summed E-state index contributed by atoms with van der Waals surface area (Å²) in [5, 5.41) is 8.99. The predicted molar refractivity (Wildman–Crippen MR) is 99.5 cm³/mol. The Bertz CT molecular complexity index is 580. The summed E-state index contributed by atoms with van der Waals surface area (Å²) in [5.41, 5.74) is -0.974. The third-order valence-electron chi connectivity index (χ3n) is 3.63. The minimum atomic E-state index is -1.97. The fourth-order valence-corrected chi connectivity index (χ4v) is 2.16. The van der Waals surface area contributed by atoms with E-state index in [0.717, 1.165) is 24.5 Å². The fourth-order valence-electron chi connectivity index (χ4n) is 2.16. The lowest BCUT2D eigenvalue weighted by Gasteiger charge is -2.31. The monoisotopic (exact) mass is 368 g/mol. The quantitative estimate of drug-likeness (QED) is 0.382. The van der Waals surface area contributed by atoms with E-state index in [1.165, 1.54) is 6.92 Å². The van der Waals surface area contributed by atoms with Crippen molar-refractivity contribution in [3.05, 3.63) is 23.3 Å². The van der Waals surface area contributed by atoms with Crippen LogP contribution in [0.5, 0.6) is 0 Å². The molecule has 148 valence electrons. The SMILES string of the molecule is CC(=O)OC(C/C=C(\C)CC/C=C(\C)CO)(C(C)=O)C(=O)OC(C)(C)C. The Kier molecular flexibility index (Phi) is 9.49. The topological polar surface area (TPSA) is 89.9 Å². The number of hydrogen-bond acceptors (Lipinski definition) is 6. The standard InChI is InChI=1S/C20H32O6/c1-14(9-8-10-15(2)13-21)11-12-20(16(3)22,25-17(4)23)18(24)26-19(5,6)7/h10-11,21H,8-9,12-13H2,1-7H3/b14-11+,15-10+. The Morgan fingerprint density at radius 3 is 1.92 bits per heavy atom. The highest BCUT2D eigenvalue weighted by molar-refractivity contribution is 6.07. The molecular weight excluding hydrogens is 336 g/mol. The number of ether oxygens (including phenoxy) is 2. The van der Waals surface area contributed by atoms with Gasteiger partial charge in [0.2, 0.25) is 0 Å². The van der Waals surface area contributed by atoms with Crippen molar-refractivity contribution in [3.8, 4) is 0 Å². The molecular formula is C20H32O6. The number of hydrogen-bond donors (Lipinski definition) is 1. The second-order valence-corrected chi connectivity index (χ2v) is 7.48. The lowest BCUT2D eigenvalue weighted by Crippen LogP contribution is -2.51. The first-order chi connectivity index (χ1) is 11.8. The van der Waals surface area contributed by atoms with Crippen LogP contribution in [0.2, 0.25) is 0 Å². The van der Waals surface area contributed by atoms with Crippen LogP contribution in [0.25, 0.3) is 0 Å². The Labute approximate surface area is 156 Å². The highest BCUT2D eigenvalue weighted by Gasteiger charge is 2.49. The molecule has 0 aromatic carbocycles. The number of aliphatic hydroxyl groups is 1. The van der Waals surface area contributed by atoms with Gasteiger partial charge >= 0.3 is 11.9 Å². The first kappa shape index (κ1) is 24.1. The molecule has 1 N–H and O–H groups in total. The molecule has 0 aliphatic heterocycles. The number of allylic oxidation sites excluding steroid dienone is 2. The van der Waals surface area contributed by atoms with Crippen molar-refractivity contribution in [1.82, 2.24) is 0 Å². The molecule has 0 aliphatic carbocycles. The van der Waals surface area contributed by atoms with Gasteiger partial charge in [0.15, 0.2) is 5.78 Å². The molecule has 0 fully saturated rings. The second-order valence-electron chi connectivity index (χ2n) is 7.48. The summed E-state index contributed by atoms with van der Waals surface area (Å²) in [6, 6.07) is 0. The van der Waals surface area contributed by atoms with Gasteiger partial charge in [-0.15, -0.1) is 0 Å². The maximum Gasteiger partial charge on any atom is 0.359 e. The number of aliphatic hydroxyl groups excluding tert-OH is 1. The molecule has 0 heterocycles. The van der Waals surface area contributed by atoms with Crippen molar-refractivity contribution in [2.24, 2.45) is 0 Å². The highest BCUT2D eigenvalue weighted by Crippen LogP contribution is 2.25. The number of carbonyl (C=O) groups excluding carboxylic acids is 3. The zero-order valence-electron chi connectivity index (χ0n) is 17.0. The summed E-state index contributed by atoms with van der Waals surface area (Å²) in [6.45, 7) is 11.1. The zero-order chi connectivity index (χ0) is 20.5. The average molecular weight is 368 g/mol. The largest absolute Gasteiger partial charge is 0.457 e. The first-order valence-electron chi connectivity index (χ1n) is 8.70. The molecule has 0 aromatic heterocycles. The third kappa shape index (κ3) is 8.43. The third-order valence-corrected chi connectivity index (χ3v) is 3.63. The van der Waals surface area contributed by atoms with Gasteiger partial charge in [-0.25, -0.2) is 4.79 Å². The van der Waals surface area contributed by atoms with Gasteiger partial charge in [0, 0.05) is 13.3 Å². The molecule has 0 saturated carbocycles. The van der Waals surface area contributed by atoms with Crippen molar-refractivity contribution < 1.29 is 29.0 Å². The van der Waals surface area contributed by atoms with E-state index >= 15 is 0 Å². The van der Waals surface area contributed by atoms with Crippen LogP contribution in [-0.4, -0.2) is 40.6 Å². The van der Waals surface area contributed by atoms with Crippen molar-refractivity contribution in [2.45, 2.75) is 78.9 Å². The van der Waals surface area contributed by atoms with Gasteiger partial charge in [0.1, 0.15) is 5.60 Å². The van der Waals surface area contributed by atoms with Crippen LogP contribution in [0, 0.1) is 0 Å². The molecule has 0 spiro atoms. The van der Waals surface area contributed by atoms with Gasteiger partial charge in [-0.2, -0.15) is 0 Å².